The van der Waals surface area contributed by atoms with Gasteiger partial charge in [0.1, 0.15) is 0 Å². The summed E-state index contributed by atoms with van der Waals surface area (Å²) in [7, 11) is 0. The van der Waals surface area contributed by atoms with Crippen LogP contribution in [0.1, 0.15) is 249 Å². The smallest absolute Gasteiger partial charge is 0.211 e. The monoisotopic (exact) mass is 751 g/mol. The average Bonchev–Trinajstić information content (AvgIpc) is 3.48. The van der Waals surface area contributed by atoms with E-state index < -0.39 is 0 Å². The SMILES string of the molecule is CCCCCCCCCCCCCCCCCc1cccc(C2=C(CCCCCCCC)C(CCCC)=C(c3cccc(CCCCCCCC)c3)[N+]2=[N-])c1. The first kappa shape index (κ1) is 46.9. The lowest BCUT2D eigenvalue weighted by Crippen LogP contribution is -2.03. The highest BCUT2D eigenvalue weighted by atomic mass is 15.2. The molecule has 0 bridgehead atoms. The zero-order valence-corrected chi connectivity index (χ0v) is 36.8. The van der Waals surface area contributed by atoms with Crippen molar-refractivity contribution in [1.29, 1.82) is 0 Å². The molecule has 0 unspecified atom stereocenters. The number of hydrogen-bond acceptors (Lipinski definition) is 0. The lowest BCUT2D eigenvalue weighted by molar-refractivity contribution is -0.345. The number of aryl methyl sites for hydroxylation is 2. The molecule has 2 nitrogen and oxygen atoms in total. The van der Waals surface area contributed by atoms with Crippen molar-refractivity contribution in [3.8, 4) is 0 Å². The van der Waals surface area contributed by atoms with Crippen LogP contribution in [0.4, 0.5) is 0 Å². The van der Waals surface area contributed by atoms with Gasteiger partial charge in [0.25, 0.3) is 0 Å². The van der Waals surface area contributed by atoms with E-state index in [4.69, 9.17) is 0 Å². The van der Waals surface area contributed by atoms with E-state index in [1.165, 1.54) is 207 Å². The van der Waals surface area contributed by atoms with Gasteiger partial charge in [-0.3, -0.25) is 0 Å². The van der Waals surface area contributed by atoms with Gasteiger partial charge in [-0.25, -0.2) is 4.70 Å². The van der Waals surface area contributed by atoms with Gasteiger partial charge in [-0.15, -0.1) is 0 Å². The molecule has 0 aromatic heterocycles. The molecule has 0 fully saturated rings. The van der Waals surface area contributed by atoms with Crippen LogP contribution in [-0.2, 0) is 12.8 Å². The van der Waals surface area contributed by atoms with Crippen LogP contribution in [-0.4, -0.2) is 4.70 Å². The summed E-state index contributed by atoms with van der Waals surface area (Å²) in [4.78, 5) is 0. The Bertz CT molecular complexity index is 1360. The number of benzene rings is 2. The highest BCUT2D eigenvalue weighted by Gasteiger charge is 2.35. The molecule has 1 aliphatic heterocycles. The van der Waals surface area contributed by atoms with Crippen LogP contribution in [0.2, 0.25) is 0 Å². The summed E-state index contributed by atoms with van der Waals surface area (Å²) in [5, 5.41) is 0. The summed E-state index contributed by atoms with van der Waals surface area (Å²) in [6.07, 6.45) is 43.3. The van der Waals surface area contributed by atoms with Crippen LogP contribution >= 0.6 is 0 Å². The third-order valence-corrected chi connectivity index (χ3v) is 12.2. The first-order valence-electron chi connectivity index (χ1n) is 24.3. The van der Waals surface area contributed by atoms with Crippen molar-refractivity contribution in [2.75, 3.05) is 0 Å². The summed E-state index contributed by atoms with van der Waals surface area (Å²) in [6, 6.07) is 18.4. The van der Waals surface area contributed by atoms with Crippen molar-refractivity contribution < 1.29 is 4.70 Å². The Kier molecular flexibility index (Phi) is 26.1. The van der Waals surface area contributed by atoms with Crippen LogP contribution < -0.4 is 0 Å². The second kappa shape index (κ2) is 30.6. The van der Waals surface area contributed by atoms with E-state index >= 15 is 0 Å². The highest BCUT2D eigenvalue weighted by Crippen LogP contribution is 2.45. The van der Waals surface area contributed by atoms with Gasteiger partial charge >= 0.3 is 0 Å². The minimum atomic E-state index is 1.03. The molecule has 3 rings (SSSR count). The second-order valence-corrected chi connectivity index (χ2v) is 17.2. The molecule has 0 aliphatic carbocycles. The Hall–Kier alpha value is -2.48. The molecule has 0 saturated heterocycles. The molecule has 2 heteroatoms. The van der Waals surface area contributed by atoms with Crippen molar-refractivity contribution in [1.82, 2.24) is 0 Å². The van der Waals surface area contributed by atoms with Crippen molar-refractivity contribution >= 4 is 11.4 Å². The number of unbranched alkanes of at least 4 members (excludes halogenated alkanes) is 25. The van der Waals surface area contributed by atoms with Crippen LogP contribution in [0.25, 0.3) is 16.9 Å². The van der Waals surface area contributed by atoms with Crippen molar-refractivity contribution in [2.24, 2.45) is 0 Å². The van der Waals surface area contributed by atoms with E-state index in [2.05, 4.69) is 76.2 Å². The fraction of sp³-hybridized carbons (Fsp3) is 0.698. The molecule has 0 saturated carbocycles. The standard InChI is InChI=1S/C53H86N2/c1-5-9-13-16-19-20-21-22-23-24-25-26-27-29-32-37-47-39-35-41-49(45-47)53-51(43-33-30-18-15-11-7-3)50(42-12-8-4)52(55(53)54)48-40-34-38-46(44-48)36-31-28-17-14-10-6-2/h34-35,38-41,44-45H,5-33,36-37,42-43H2,1-4H3. The molecular weight excluding hydrogens is 665 g/mol. The molecule has 0 N–H and O–H groups in total. The minimum absolute atomic E-state index is 1.03. The second-order valence-electron chi connectivity index (χ2n) is 17.2. The molecule has 2 aromatic rings. The Morgan fingerprint density at radius 1 is 0.345 bits per heavy atom. The molecule has 0 atom stereocenters. The molecule has 2 aromatic carbocycles. The van der Waals surface area contributed by atoms with Crippen LogP contribution in [0, 0.1) is 0 Å². The summed E-state index contributed by atoms with van der Waals surface area (Å²) in [5.74, 6) is 0. The number of hydrogen-bond donors (Lipinski definition) is 0. The van der Waals surface area contributed by atoms with Gasteiger partial charge in [0, 0.05) is 22.3 Å². The molecule has 55 heavy (non-hydrogen) atoms. The molecule has 308 valence electrons. The van der Waals surface area contributed by atoms with E-state index in [9.17, 15) is 5.53 Å². The maximum absolute atomic E-state index is 12.3. The quantitative estimate of drug-likeness (QED) is 0.0495. The number of allylic oxidation sites excluding steroid dienone is 2. The maximum atomic E-state index is 12.3. The minimum Gasteiger partial charge on any atom is -0.493 e. The van der Waals surface area contributed by atoms with E-state index in [1.54, 1.807) is 4.70 Å². The van der Waals surface area contributed by atoms with Gasteiger partial charge in [0.15, 0.2) is 0 Å². The zero-order valence-electron chi connectivity index (χ0n) is 36.8. The van der Waals surface area contributed by atoms with Gasteiger partial charge in [0.2, 0.25) is 11.4 Å². The lowest BCUT2D eigenvalue weighted by atomic mass is 9.91. The molecule has 0 amide bonds. The van der Waals surface area contributed by atoms with Gasteiger partial charge < -0.3 is 5.53 Å². The predicted molar refractivity (Wildman–Crippen MR) is 244 cm³/mol. The Morgan fingerprint density at radius 3 is 0.982 bits per heavy atom. The third-order valence-electron chi connectivity index (χ3n) is 12.2. The topological polar surface area (TPSA) is 25.3 Å². The summed E-state index contributed by atoms with van der Waals surface area (Å²) < 4.78 is 1.62. The first-order valence-corrected chi connectivity index (χ1v) is 24.3. The van der Waals surface area contributed by atoms with Gasteiger partial charge in [0.05, 0.1) is 0 Å². The molecular formula is C53H86N2. The summed E-state index contributed by atoms with van der Waals surface area (Å²) in [6.45, 7) is 9.19. The number of nitrogens with zero attached hydrogens (tertiary/aromatic N) is 2. The molecule has 1 aliphatic rings. The maximum Gasteiger partial charge on any atom is 0.211 e. The van der Waals surface area contributed by atoms with Crippen molar-refractivity contribution in [2.45, 2.75) is 240 Å². The van der Waals surface area contributed by atoms with Crippen molar-refractivity contribution in [3.63, 3.8) is 0 Å². The Morgan fingerprint density at radius 2 is 0.636 bits per heavy atom. The highest BCUT2D eigenvalue weighted by molar-refractivity contribution is 5.82. The van der Waals surface area contributed by atoms with E-state index in [0.717, 1.165) is 49.9 Å². The fourth-order valence-corrected chi connectivity index (χ4v) is 8.78. The third kappa shape index (κ3) is 18.6. The Labute approximate surface area is 342 Å². The molecule has 1 heterocycles. The lowest BCUT2D eigenvalue weighted by Gasteiger charge is -2.12. The van der Waals surface area contributed by atoms with E-state index in [1.807, 2.05) is 0 Å². The van der Waals surface area contributed by atoms with Gasteiger partial charge in [-0.2, -0.15) is 0 Å². The number of rotatable bonds is 35. The normalized spacial score (nSPS) is 13.2. The summed E-state index contributed by atoms with van der Waals surface area (Å²) >= 11 is 0. The molecule has 0 spiro atoms. The zero-order chi connectivity index (χ0) is 39.2. The average molecular weight is 751 g/mol. The molecule has 0 radical (unpaired) electrons. The van der Waals surface area contributed by atoms with Crippen LogP contribution in [0.15, 0.2) is 59.7 Å². The predicted octanol–water partition coefficient (Wildman–Crippen LogP) is 18.1. The van der Waals surface area contributed by atoms with Gasteiger partial charge in [-0.05, 0) is 86.8 Å². The van der Waals surface area contributed by atoms with Crippen molar-refractivity contribution in [3.05, 3.63) is 87.5 Å². The van der Waals surface area contributed by atoms with Gasteiger partial charge in [-0.1, -0.05) is 212 Å². The Balaban J connectivity index is 1.64. The fourth-order valence-electron chi connectivity index (χ4n) is 8.78. The largest absolute Gasteiger partial charge is 0.493 e. The first-order chi connectivity index (χ1) is 27.1. The van der Waals surface area contributed by atoms with Crippen LogP contribution in [0.5, 0.6) is 0 Å². The summed E-state index contributed by atoms with van der Waals surface area (Å²) in [5.41, 5.74) is 22.3. The van der Waals surface area contributed by atoms with Crippen LogP contribution in [0.3, 0.4) is 0 Å². The van der Waals surface area contributed by atoms with E-state index in [0.29, 0.717) is 0 Å². The van der Waals surface area contributed by atoms with E-state index in [-0.39, 0.29) is 0 Å².